The van der Waals surface area contributed by atoms with Crippen LogP contribution in [0.3, 0.4) is 0 Å². The van der Waals surface area contributed by atoms with Gasteiger partial charge < -0.3 is 9.15 Å². The highest BCUT2D eigenvalue weighted by atomic mass is 16.5. The van der Waals surface area contributed by atoms with Crippen molar-refractivity contribution in [3.05, 3.63) is 33.4 Å². The quantitative estimate of drug-likeness (QED) is 0.653. The van der Waals surface area contributed by atoms with Gasteiger partial charge in [0.15, 0.2) is 5.43 Å². The molecule has 0 amide bonds. The summed E-state index contributed by atoms with van der Waals surface area (Å²) in [7, 11) is 0. The number of aryl methyl sites for hydroxylation is 1. The Kier molecular flexibility index (Phi) is 2.19. The van der Waals surface area contributed by atoms with E-state index in [9.17, 15) is 4.79 Å². The number of rotatable bonds is 1. The van der Waals surface area contributed by atoms with E-state index in [0.29, 0.717) is 18.8 Å². The van der Waals surface area contributed by atoms with Crippen molar-refractivity contribution in [3.8, 4) is 0 Å². The molecule has 2 rings (SSSR count). The molecule has 1 aromatic rings. The second-order valence-electron chi connectivity index (χ2n) is 3.13. The molecule has 0 aromatic carbocycles. The normalized spacial score (nSPS) is 15.5. The van der Waals surface area contributed by atoms with Crippen LogP contribution in [0.4, 0.5) is 0 Å². The molecule has 0 bridgehead atoms. The third-order valence-electron chi connectivity index (χ3n) is 2.25. The van der Waals surface area contributed by atoms with Crippen LogP contribution in [0, 0.1) is 0 Å². The SMILES string of the molecule is CCc1cc(=O)c2c(o1)CCOC2. The summed E-state index contributed by atoms with van der Waals surface area (Å²) in [6.45, 7) is 3.04. The molecule has 2 heterocycles. The van der Waals surface area contributed by atoms with Gasteiger partial charge in [-0.1, -0.05) is 6.92 Å². The summed E-state index contributed by atoms with van der Waals surface area (Å²) in [6, 6.07) is 1.56. The maximum Gasteiger partial charge on any atom is 0.190 e. The van der Waals surface area contributed by atoms with Gasteiger partial charge in [0.25, 0.3) is 0 Å². The van der Waals surface area contributed by atoms with E-state index >= 15 is 0 Å². The van der Waals surface area contributed by atoms with Crippen LogP contribution in [-0.4, -0.2) is 6.61 Å². The van der Waals surface area contributed by atoms with Crippen molar-refractivity contribution < 1.29 is 9.15 Å². The molecule has 0 spiro atoms. The third kappa shape index (κ3) is 1.52. The molecule has 0 fully saturated rings. The van der Waals surface area contributed by atoms with Crippen molar-refractivity contribution in [2.24, 2.45) is 0 Å². The van der Waals surface area contributed by atoms with E-state index in [1.165, 1.54) is 0 Å². The van der Waals surface area contributed by atoms with Crippen LogP contribution in [0.1, 0.15) is 24.0 Å². The number of hydrogen-bond donors (Lipinski definition) is 0. The fourth-order valence-corrected chi connectivity index (χ4v) is 1.49. The standard InChI is InChI=1S/C10H12O3/c1-2-7-5-9(11)8-6-12-4-3-10(8)13-7/h5H,2-4,6H2,1H3. The maximum atomic E-state index is 11.5. The minimum atomic E-state index is 0.0535. The average Bonchev–Trinajstić information content (AvgIpc) is 2.18. The van der Waals surface area contributed by atoms with E-state index in [0.717, 1.165) is 24.4 Å². The van der Waals surface area contributed by atoms with Gasteiger partial charge in [-0.05, 0) is 0 Å². The van der Waals surface area contributed by atoms with Gasteiger partial charge in [0, 0.05) is 18.9 Å². The zero-order chi connectivity index (χ0) is 9.26. The van der Waals surface area contributed by atoms with Gasteiger partial charge in [-0.2, -0.15) is 0 Å². The molecule has 0 N–H and O–H groups in total. The molecule has 3 heteroatoms. The highest BCUT2D eigenvalue weighted by Gasteiger charge is 2.15. The Morgan fingerprint density at radius 3 is 3.15 bits per heavy atom. The molecule has 0 saturated heterocycles. The summed E-state index contributed by atoms with van der Waals surface area (Å²) in [5.41, 5.74) is 0.751. The van der Waals surface area contributed by atoms with Gasteiger partial charge in [-0.25, -0.2) is 0 Å². The van der Waals surface area contributed by atoms with Crippen molar-refractivity contribution in [2.75, 3.05) is 6.61 Å². The van der Waals surface area contributed by atoms with Crippen molar-refractivity contribution in [3.63, 3.8) is 0 Å². The largest absolute Gasteiger partial charge is 0.465 e. The second kappa shape index (κ2) is 3.34. The lowest BCUT2D eigenvalue weighted by molar-refractivity contribution is 0.0993. The van der Waals surface area contributed by atoms with Gasteiger partial charge in [0.05, 0.1) is 18.8 Å². The van der Waals surface area contributed by atoms with Crippen LogP contribution in [0.5, 0.6) is 0 Å². The minimum Gasteiger partial charge on any atom is -0.465 e. The van der Waals surface area contributed by atoms with E-state index in [1.807, 2.05) is 6.92 Å². The minimum absolute atomic E-state index is 0.0535. The smallest absolute Gasteiger partial charge is 0.190 e. The number of fused-ring (bicyclic) bond motifs is 1. The molecule has 0 radical (unpaired) electrons. The van der Waals surface area contributed by atoms with Crippen LogP contribution in [-0.2, 0) is 24.2 Å². The molecule has 70 valence electrons. The lowest BCUT2D eigenvalue weighted by Crippen LogP contribution is -2.19. The van der Waals surface area contributed by atoms with Gasteiger partial charge in [0.1, 0.15) is 11.5 Å². The molecule has 0 aliphatic carbocycles. The molecule has 1 aliphatic rings. The Morgan fingerprint density at radius 1 is 1.54 bits per heavy atom. The molecule has 0 unspecified atom stereocenters. The molecule has 1 aliphatic heterocycles. The third-order valence-corrected chi connectivity index (χ3v) is 2.25. The average molecular weight is 180 g/mol. The first-order chi connectivity index (χ1) is 6.31. The Hall–Kier alpha value is -1.09. The topological polar surface area (TPSA) is 39.4 Å². The molecule has 1 aromatic heterocycles. The summed E-state index contributed by atoms with van der Waals surface area (Å²) < 4.78 is 10.7. The molecule has 3 nitrogen and oxygen atoms in total. The van der Waals surface area contributed by atoms with Gasteiger partial charge in [-0.3, -0.25) is 4.79 Å². The predicted octanol–water partition coefficient (Wildman–Crippen LogP) is 1.27. The van der Waals surface area contributed by atoms with Crippen LogP contribution in [0.2, 0.25) is 0 Å². The van der Waals surface area contributed by atoms with E-state index in [2.05, 4.69) is 0 Å². The Labute approximate surface area is 76.3 Å². The predicted molar refractivity (Wildman–Crippen MR) is 47.7 cm³/mol. The van der Waals surface area contributed by atoms with Gasteiger partial charge >= 0.3 is 0 Å². The van der Waals surface area contributed by atoms with Crippen LogP contribution in [0.15, 0.2) is 15.3 Å². The maximum absolute atomic E-state index is 11.5. The molecule has 0 saturated carbocycles. The van der Waals surface area contributed by atoms with Gasteiger partial charge in [-0.15, -0.1) is 0 Å². The summed E-state index contributed by atoms with van der Waals surface area (Å²) in [5.74, 6) is 1.58. The lowest BCUT2D eigenvalue weighted by atomic mass is 10.1. The van der Waals surface area contributed by atoms with E-state index in [4.69, 9.17) is 9.15 Å². The van der Waals surface area contributed by atoms with E-state index in [1.54, 1.807) is 6.07 Å². The first kappa shape index (κ1) is 8.51. The van der Waals surface area contributed by atoms with Crippen molar-refractivity contribution >= 4 is 0 Å². The molecule has 13 heavy (non-hydrogen) atoms. The molecular weight excluding hydrogens is 168 g/mol. The zero-order valence-corrected chi connectivity index (χ0v) is 7.63. The molecular formula is C10H12O3. The second-order valence-corrected chi connectivity index (χ2v) is 3.13. The first-order valence-corrected chi connectivity index (χ1v) is 4.53. The van der Waals surface area contributed by atoms with Crippen molar-refractivity contribution in [1.82, 2.24) is 0 Å². The van der Waals surface area contributed by atoms with Crippen LogP contribution < -0.4 is 5.43 Å². The number of hydrogen-bond acceptors (Lipinski definition) is 3. The fourth-order valence-electron chi connectivity index (χ4n) is 1.49. The summed E-state index contributed by atoms with van der Waals surface area (Å²) >= 11 is 0. The van der Waals surface area contributed by atoms with Gasteiger partial charge in [0.2, 0.25) is 0 Å². The van der Waals surface area contributed by atoms with Crippen LogP contribution >= 0.6 is 0 Å². The van der Waals surface area contributed by atoms with Crippen molar-refractivity contribution in [1.29, 1.82) is 0 Å². The number of ether oxygens (including phenoxy) is 1. The van der Waals surface area contributed by atoms with E-state index in [-0.39, 0.29) is 5.43 Å². The van der Waals surface area contributed by atoms with Crippen molar-refractivity contribution in [2.45, 2.75) is 26.4 Å². The Morgan fingerprint density at radius 2 is 2.38 bits per heavy atom. The molecule has 0 atom stereocenters. The van der Waals surface area contributed by atoms with E-state index < -0.39 is 0 Å². The monoisotopic (exact) mass is 180 g/mol. The summed E-state index contributed by atoms with van der Waals surface area (Å²) in [6.07, 6.45) is 1.49. The highest BCUT2D eigenvalue weighted by Crippen LogP contribution is 2.14. The summed E-state index contributed by atoms with van der Waals surface area (Å²) in [5, 5.41) is 0. The Balaban J connectivity index is 2.53. The highest BCUT2D eigenvalue weighted by molar-refractivity contribution is 5.20. The summed E-state index contributed by atoms with van der Waals surface area (Å²) in [4.78, 5) is 11.5. The first-order valence-electron chi connectivity index (χ1n) is 4.53. The lowest BCUT2D eigenvalue weighted by Gasteiger charge is -2.14. The fraction of sp³-hybridized carbons (Fsp3) is 0.500. The zero-order valence-electron chi connectivity index (χ0n) is 7.63. The Bertz CT molecular complexity index is 365. The van der Waals surface area contributed by atoms with Crippen LogP contribution in [0.25, 0.3) is 0 Å².